The van der Waals surface area contributed by atoms with Gasteiger partial charge in [-0.3, -0.25) is 9.69 Å². The number of ether oxygens (including phenoxy) is 1. The Labute approximate surface area is 126 Å². The van der Waals surface area contributed by atoms with E-state index in [0.717, 1.165) is 10.0 Å². The van der Waals surface area contributed by atoms with Gasteiger partial charge in [0.2, 0.25) is 5.91 Å². The Bertz CT molecular complexity index is 466. The van der Waals surface area contributed by atoms with E-state index < -0.39 is 18.1 Å². The highest BCUT2D eigenvalue weighted by molar-refractivity contribution is 9.10. The molecule has 110 valence electrons. The fourth-order valence-corrected chi connectivity index (χ4v) is 2.64. The van der Waals surface area contributed by atoms with Gasteiger partial charge in [0.15, 0.2) is 0 Å². The number of primary amides is 1. The summed E-state index contributed by atoms with van der Waals surface area (Å²) < 4.78 is 6.45. The van der Waals surface area contributed by atoms with Crippen LogP contribution in [0.5, 0.6) is 0 Å². The van der Waals surface area contributed by atoms with Gasteiger partial charge in [0, 0.05) is 24.1 Å². The first-order valence-corrected chi connectivity index (χ1v) is 7.35. The SMILES string of the molecule is C[C@@H]1CN(CC(O)c2ccc(Br)cc2)CC(C(N)=O)O1. The van der Waals surface area contributed by atoms with Gasteiger partial charge in [-0.05, 0) is 24.6 Å². The summed E-state index contributed by atoms with van der Waals surface area (Å²) in [5.41, 5.74) is 6.14. The molecule has 3 N–H and O–H groups in total. The van der Waals surface area contributed by atoms with E-state index >= 15 is 0 Å². The maximum absolute atomic E-state index is 11.2. The van der Waals surface area contributed by atoms with Crippen LogP contribution in [0.4, 0.5) is 0 Å². The minimum Gasteiger partial charge on any atom is -0.387 e. The van der Waals surface area contributed by atoms with Crippen molar-refractivity contribution in [3.05, 3.63) is 34.3 Å². The molecule has 1 fully saturated rings. The predicted molar refractivity (Wildman–Crippen MR) is 79.1 cm³/mol. The van der Waals surface area contributed by atoms with E-state index in [1.54, 1.807) is 0 Å². The third-order valence-electron chi connectivity index (χ3n) is 3.34. The molecule has 1 aliphatic rings. The topological polar surface area (TPSA) is 75.8 Å². The van der Waals surface area contributed by atoms with Gasteiger partial charge in [0.1, 0.15) is 6.10 Å². The summed E-state index contributed by atoms with van der Waals surface area (Å²) in [6.07, 6.45) is -1.27. The number of aliphatic hydroxyl groups is 1. The smallest absolute Gasteiger partial charge is 0.247 e. The Morgan fingerprint density at radius 3 is 2.75 bits per heavy atom. The molecule has 1 saturated heterocycles. The van der Waals surface area contributed by atoms with E-state index in [0.29, 0.717) is 19.6 Å². The third kappa shape index (κ3) is 4.02. The first-order chi connectivity index (χ1) is 9.45. The zero-order valence-corrected chi connectivity index (χ0v) is 12.9. The zero-order valence-electron chi connectivity index (χ0n) is 11.3. The maximum Gasteiger partial charge on any atom is 0.247 e. The molecule has 2 rings (SSSR count). The van der Waals surface area contributed by atoms with Crippen molar-refractivity contribution in [1.82, 2.24) is 4.90 Å². The van der Waals surface area contributed by atoms with Crippen molar-refractivity contribution in [2.75, 3.05) is 19.6 Å². The lowest BCUT2D eigenvalue weighted by molar-refractivity contribution is -0.143. The molecule has 0 radical (unpaired) electrons. The van der Waals surface area contributed by atoms with E-state index in [1.165, 1.54) is 0 Å². The molecular weight excluding hydrogens is 324 g/mol. The molecule has 3 atom stereocenters. The highest BCUT2D eigenvalue weighted by Crippen LogP contribution is 2.20. The summed E-state index contributed by atoms with van der Waals surface area (Å²) in [6, 6.07) is 7.55. The number of rotatable bonds is 4. The average Bonchev–Trinajstić information content (AvgIpc) is 2.38. The number of halogens is 1. The summed E-state index contributed by atoms with van der Waals surface area (Å²) in [4.78, 5) is 13.3. The number of carbonyl (C=O) groups excluding carboxylic acids is 1. The van der Waals surface area contributed by atoms with Crippen LogP contribution in [0.3, 0.4) is 0 Å². The standard InChI is InChI=1S/C14H19BrN2O3/c1-9-6-17(8-13(20-9)14(16)19)7-12(18)10-2-4-11(15)5-3-10/h2-5,9,12-13,18H,6-8H2,1H3,(H2,16,19)/t9-,12?,13?/m1/s1. The summed E-state index contributed by atoms with van der Waals surface area (Å²) in [5, 5.41) is 10.3. The minimum atomic E-state index is -0.601. The molecule has 2 unspecified atom stereocenters. The van der Waals surface area contributed by atoms with Gasteiger partial charge >= 0.3 is 0 Å². The summed E-state index contributed by atoms with van der Waals surface area (Å²) in [5.74, 6) is -0.459. The fourth-order valence-electron chi connectivity index (χ4n) is 2.38. The molecule has 0 aliphatic carbocycles. The minimum absolute atomic E-state index is 0.0710. The Morgan fingerprint density at radius 1 is 1.50 bits per heavy atom. The van der Waals surface area contributed by atoms with Gasteiger partial charge in [-0.2, -0.15) is 0 Å². The number of amides is 1. The van der Waals surface area contributed by atoms with E-state index in [4.69, 9.17) is 10.5 Å². The Balaban J connectivity index is 1.97. The van der Waals surface area contributed by atoms with E-state index in [9.17, 15) is 9.90 Å². The monoisotopic (exact) mass is 342 g/mol. The molecule has 0 spiro atoms. The second kappa shape index (κ2) is 6.67. The van der Waals surface area contributed by atoms with Gasteiger partial charge in [-0.15, -0.1) is 0 Å². The molecule has 1 aromatic rings. The van der Waals surface area contributed by atoms with Crippen LogP contribution in [0.25, 0.3) is 0 Å². The molecule has 20 heavy (non-hydrogen) atoms. The summed E-state index contributed by atoms with van der Waals surface area (Å²) in [6.45, 7) is 3.46. The fraction of sp³-hybridized carbons (Fsp3) is 0.500. The lowest BCUT2D eigenvalue weighted by atomic mass is 10.1. The van der Waals surface area contributed by atoms with Crippen LogP contribution in [0.2, 0.25) is 0 Å². The summed E-state index contributed by atoms with van der Waals surface area (Å²) >= 11 is 3.36. The van der Waals surface area contributed by atoms with Crippen LogP contribution in [0.1, 0.15) is 18.6 Å². The Hall–Kier alpha value is -0.950. The second-order valence-electron chi connectivity index (χ2n) is 5.12. The highest BCUT2D eigenvalue weighted by Gasteiger charge is 2.29. The molecule has 1 aliphatic heterocycles. The number of morpholine rings is 1. The molecule has 0 bridgehead atoms. The van der Waals surface area contributed by atoms with Crippen molar-refractivity contribution in [2.45, 2.75) is 25.2 Å². The number of nitrogens with two attached hydrogens (primary N) is 1. The molecule has 0 saturated carbocycles. The largest absolute Gasteiger partial charge is 0.387 e. The lowest BCUT2D eigenvalue weighted by Gasteiger charge is -2.36. The molecule has 0 aromatic heterocycles. The average molecular weight is 343 g/mol. The van der Waals surface area contributed by atoms with Crippen molar-refractivity contribution in [2.24, 2.45) is 5.73 Å². The molecule has 1 amide bonds. The van der Waals surface area contributed by atoms with Gasteiger partial charge in [0.25, 0.3) is 0 Å². The summed E-state index contributed by atoms with van der Waals surface area (Å²) in [7, 11) is 0. The van der Waals surface area contributed by atoms with Crippen molar-refractivity contribution < 1.29 is 14.6 Å². The molecule has 5 nitrogen and oxygen atoms in total. The second-order valence-corrected chi connectivity index (χ2v) is 6.04. The first kappa shape index (κ1) is 15.4. The van der Waals surface area contributed by atoms with Crippen LogP contribution >= 0.6 is 15.9 Å². The van der Waals surface area contributed by atoms with Crippen molar-refractivity contribution in [3.8, 4) is 0 Å². The van der Waals surface area contributed by atoms with Gasteiger partial charge in [-0.25, -0.2) is 0 Å². The van der Waals surface area contributed by atoms with Crippen molar-refractivity contribution >= 4 is 21.8 Å². The number of benzene rings is 1. The predicted octanol–water partition coefficient (Wildman–Crippen LogP) is 1.06. The van der Waals surface area contributed by atoms with Gasteiger partial charge in [0.05, 0.1) is 12.2 Å². The number of carbonyl (C=O) groups is 1. The van der Waals surface area contributed by atoms with Crippen molar-refractivity contribution in [3.63, 3.8) is 0 Å². The van der Waals surface area contributed by atoms with Crippen molar-refractivity contribution in [1.29, 1.82) is 0 Å². The number of hydrogen-bond donors (Lipinski definition) is 2. The van der Waals surface area contributed by atoms with Crippen LogP contribution in [-0.4, -0.2) is 47.8 Å². The lowest BCUT2D eigenvalue weighted by Crippen LogP contribution is -2.52. The van der Waals surface area contributed by atoms with Crippen LogP contribution < -0.4 is 5.73 Å². The number of aliphatic hydroxyl groups excluding tert-OH is 1. The first-order valence-electron chi connectivity index (χ1n) is 6.56. The molecule has 1 aromatic carbocycles. The number of hydrogen-bond acceptors (Lipinski definition) is 4. The van der Waals surface area contributed by atoms with Crippen LogP contribution in [-0.2, 0) is 9.53 Å². The van der Waals surface area contributed by atoms with E-state index in [2.05, 4.69) is 15.9 Å². The molecule has 1 heterocycles. The van der Waals surface area contributed by atoms with E-state index in [-0.39, 0.29) is 6.10 Å². The number of nitrogens with zero attached hydrogens (tertiary/aromatic N) is 1. The third-order valence-corrected chi connectivity index (χ3v) is 3.87. The van der Waals surface area contributed by atoms with Crippen LogP contribution in [0.15, 0.2) is 28.7 Å². The zero-order chi connectivity index (χ0) is 14.7. The normalized spacial score (nSPS) is 25.4. The van der Waals surface area contributed by atoms with Gasteiger partial charge < -0.3 is 15.6 Å². The molecule has 6 heteroatoms. The molecular formula is C14H19BrN2O3. The highest BCUT2D eigenvalue weighted by atomic mass is 79.9. The van der Waals surface area contributed by atoms with Crippen LogP contribution in [0, 0.1) is 0 Å². The maximum atomic E-state index is 11.2. The Morgan fingerprint density at radius 2 is 2.15 bits per heavy atom. The number of β-amino-alcohol motifs (C(OH)–C–C–N with tert-alkyl or cyclic N) is 1. The Kier molecular flexibility index (Phi) is 5.15. The van der Waals surface area contributed by atoms with E-state index in [1.807, 2.05) is 36.1 Å². The van der Waals surface area contributed by atoms with Gasteiger partial charge in [-0.1, -0.05) is 28.1 Å². The quantitative estimate of drug-likeness (QED) is 0.857.